The summed E-state index contributed by atoms with van der Waals surface area (Å²) in [6.07, 6.45) is 2.99. The van der Waals surface area contributed by atoms with Crippen LogP contribution in [-0.2, 0) is 14.8 Å². The molecule has 0 aliphatic heterocycles. The van der Waals surface area contributed by atoms with Gasteiger partial charge in [-0.25, -0.2) is 12.7 Å². The first-order valence-corrected chi connectivity index (χ1v) is 7.20. The lowest BCUT2D eigenvalue weighted by molar-refractivity contribution is -0.111. The van der Waals surface area contributed by atoms with Gasteiger partial charge in [0.2, 0.25) is 15.9 Å². The number of sulfonamides is 1. The molecule has 0 radical (unpaired) electrons. The summed E-state index contributed by atoms with van der Waals surface area (Å²) in [6.45, 7) is 3.45. The van der Waals surface area contributed by atoms with E-state index in [9.17, 15) is 13.2 Å². The highest BCUT2D eigenvalue weighted by Gasteiger charge is 2.20. The first-order chi connectivity index (χ1) is 8.78. The predicted octanol–water partition coefficient (Wildman–Crippen LogP) is 1.76. The van der Waals surface area contributed by atoms with Gasteiger partial charge in [-0.1, -0.05) is 12.1 Å². The average molecular weight is 282 g/mol. The maximum absolute atomic E-state index is 12.1. The van der Waals surface area contributed by atoms with Crippen molar-refractivity contribution in [3.8, 4) is 0 Å². The molecule has 104 valence electrons. The minimum atomic E-state index is -3.51. The Labute approximate surface area is 114 Å². The molecule has 0 saturated carbocycles. The zero-order valence-electron chi connectivity index (χ0n) is 11.5. The number of benzene rings is 1. The molecule has 1 amide bonds. The number of nitrogens with zero attached hydrogens (tertiary/aromatic N) is 1. The van der Waals surface area contributed by atoms with E-state index in [-0.39, 0.29) is 10.8 Å². The summed E-state index contributed by atoms with van der Waals surface area (Å²) in [6, 6.07) is 4.80. The molecule has 1 aromatic carbocycles. The first-order valence-electron chi connectivity index (χ1n) is 5.76. The van der Waals surface area contributed by atoms with Gasteiger partial charge >= 0.3 is 0 Å². The monoisotopic (exact) mass is 282 g/mol. The highest BCUT2D eigenvalue weighted by atomic mass is 32.2. The van der Waals surface area contributed by atoms with E-state index in [4.69, 9.17) is 0 Å². The van der Waals surface area contributed by atoms with Gasteiger partial charge in [0.25, 0.3) is 0 Å². The number of nitrogens with one attached hydrogen (secondary N) is 1. The quantitative estimate of drug-likeness (QED) is 0.856. The van der Waals surface area contributed by atoms with Gasteiger partial charge in [-0.15, -0.1) is 0 Å². The largest absolute Gasteiger partial charge is 0.322 e. The van der Waals surface area contributed by atoms with Crippen molar-refractivity contribution in [2.75, 3.05) is 19.4 Å². The number of carbonyl (C=O) groups excluding carboxylic acids is 1. The molecule has 1 N–H and O–H groups in total. The fourth-order valence-corrected chi connectivity index (χ4v) is 2.63. The van der Waals surface area contributed by atoms with Crippen LogP contribution < -0.4 is 5.32 Å². The van der Waals surface area contributed by atoms with E-state index in [0.29, 0.717) is 11.3 Å². The highest BCUT2D eigenvalue weighted by molar-refractivity contribution is 7.89. The molecule has 0 saturated heterocycles. The molecule has 0 spiro atoms. The Bertz CT molecular complexity index is 604. The Balaban J connectivity index is 3.19. The second kappa shape index (κ2) is 5.99. The molecule has 0 unspecified atom stereocenters. The zero-order valence-corrected chi connectivity index (χ0v) is 12.3. The van der Waals surface area contributed by atoms with E-state index < -0.39 is 10.0 Å². The number of rotatable bonds is 4. The van der Waals surface area contributed by atoms with Crippen molar-refractivity contribution >= 4 is 21.6 Å². The lowest BCUT2D eigenvalue weighted by Gasteiger charge is -2.14. The minimum absolute atomic E-state index is 0.191. The number of hydrogen-bond acceptors (Lipinski definition) is 3. The maximum atomic E-state index is 12.1. The summed E-state index contributed by atoms with van der Waals surface area (Å²) >= 11 is 0. The molecule has 0 heterocycles. The van der Waals surface area contributed by atoms with E-state index in [0.717, 1.165) is 4.31 Å². The summed E-state index contributed by atoms with van der Waals surface area (Å²) in [7, 11) is -0.570. The fraction of sp³-hybridized carbons (Fsp3) is 0.308. The van der Waals surface area contributed by atoms with Gasteiger partial charge in [0.05, 0.1) is 4.90 Å². The van der Waals surface area contributed by atoms with E-state index in [1.807, 2.05) is 0 Å². The number of anilines is 1. The topological polar surface area (TPSA) is 66.5 Å². The molecule has 6 heteroatoms. The molecule has 0 fully saturated rings. The average Bonchev–Trinajstić information content (AvgIpc) is 2.31. The number of carbonyl (C=O) groups is 1. The lowest BCUT2D eigenvalue weighted by Crippen LogP contribution is -2.23. The Kier molecular flexibility index (Phi) is 4.85. The molecule has 5 nitrogen and oxygen atoms in total. The van der Waals surface area contributed by atoms with Gasteiger partial charge in [0, 0.05) is 19.8 Å². The van der Waals surface area contributed by atoms with Gasteiger partial charge < -0.3 is 5.32 Å². The standard InChI is InChI=1S/C13H18N2O3S/c1-5-6-13(16)14-11-8-7-10(2)12(9-11)19(17,18)15(3)4/h5-9H,1-4H3,(H,14,16). The Morgan fingerprint density at radius 3 is 2.47 bits per heavy atom. The van der Waals surface area contributed by atoms with E-state index in [1.165, 1.54) is 26.2 Å². The smallest absolute Gasteiger partial charge is 0.248 e. The molecule has 1 rings (SSSR count). The van der Waals surface area contributed by atoms with Crippen LogP contribution in [0.3, 0.4) is 0 Å². The molecule has 0 aromatic heterocycles. The second-order valence-corrected chi connectivity index (χ2v) is 6.38. The van der Waals surface area contributed by atoms with E-state index in [2.05, 4.69) is 5.32 Å². The van der Waals surface area contributed by atoms with Crippen molar-refractivity contribution < 1.29 is 13.2 Å². The summed E-state index contributed by atoms with van der Waals surface area (Å²) < 4.78 is 25.4. The van der Waals surface area contributed by atoms with Crippen LogP contribution in [0.1, 0.15) is 12.5 Å². The molecule has 19 heavy (non-hydrogen) atoms. The molecule has 0 bridgehead atoms. The number of amides is 1. The molecular weight excluding hydrogens is 264 g/mol. The molecule has 1 aromatic rings. The summed E-state index contributed by atoms with van der Waals surface area (Å²) in [5.74, 6) is -0.292. The maximum Gasteiger partial charge on any atom is 0.248 e. The van der Waals surface area contributed by atoms with E-state index >= 15 is 0 Å². The van der Waals surface area contributed by atoms with Crippen LogP contribution in [0.4, 0.5) is 5.69 Å². The Morgan fingerprint density at radius 1 is 1.32 bits per heavy atom. The number of hydrogen-bond donors (Lipinski definition) is 1. The summed E-state index contributed by atoms with van der Waals surface area (Å²) in [5.41, 5.74) is 1.09. The van der Waals surface area contributed by atoms with Gasteiger partial charge in [-0.05, 0) is 37.6 Å². The van der Waals surface area contributed by atoms with Crippen molar-refractivity contribution in [3.63, 3.8) is 0 Å². The SMILES string of the molecule is CC=CC(=O)Nc1ccc(C)c(S(=O)(=O)N(C)C)c1. The van der Waals surface area contributed by atoms with Crippen LogP contribution in [-0.4, -0.2) is 32.7 Å². The van der Waals surface area contributed by atoms with Crippen molar-refractivity contribution in [2.24, 2.45) is 0 Å². The fourth-order valence-electron chi connectivity index (χ4n) is 1.49. The van der Waals surface area contributed by atoms with Crippen molar-refractivity contribution in [2.45, 2.75) is 18.7 Å². The second-order valence-electron chi connectivity index (χ2n) is 4.26. The van der Waals surface area contributed by atoms with E-state index in [1.54, 1.807) is 32.1 Å². The third-order valence-corrected chi connectivity index (χ3v) is 4.49. The Morgan fingerprint density at radius 2 is 1.95 bits per heavy atom. The van der Waals surface area contributed by atoms with Gasteiger partial charge in [0.1, 0.15) is 0 Å². The number of allylic oxidation sites excluding steroid dienone is 1. The van der Waals surface area contributed by atoms with Crippen molar-refractivity contribution in [1.82, 2.24) is 4.31 Å². The first kappa shape index (κ1) is 15.4. The zero-order chi connectivity index (χ0) is 14.6. The molecular formula is C13H18N2O3S. The van der Waals surface area contributed by atoms with Gasteiger partial charge in [0.15, 0.2) is 0 Å². The third kappa shape index (κ3) is 3.65. The van der Waals surface area contributed by atoms with Crippen LogP contribution in [0.5, 0.6) is 0 Å². The van der Waals surface area contributed by atoms with Crippen LogP contribution in [0, 0.1) is 6.92 Å². The van der Waals surface area contributed by atoms with Crippen LogP contribution in [0.15, 0.2) is 35.2 Å². The third-order valence-electron chi connectivity index (χ3n) is 2.53. The molecule has 0 atom stereocenters. The van der Waals surface area contributed by atoms with Gasteiger partial charge in [-0.2, -0.15) is 0 Å². The van der Waals surface area contributed by atoms with Crippen molar-refractivity contribution in [1.29, 1.82) is 0 Å². The van der Waals surface area contributed by atoms with Crippen LogP contribution in [0.25, 0.3) is 0 Å². The predicted molar refractivity (Wildman–Crippen MR) is 75.5 cm³/mol. The summed E-state index contributed by atoms with van der Waals surface area (Å²) in [5, 5.41) is 2.61. The summed E-state index contributed by atoms with van der Waals surface area (Å²) in [4.78, 5) is 11.6. The van der Waals surface area contributed by atoms with Gasteiger partial charge in [-0.3, -0.25) is 4.79 Å². The highest BCUT2D eigenvalue weighted by Crippen LogP contribution is 2.22. The van der Waals surface area contributed by atoms with Crippen LogP contribution in [0.2, 0.25) is 0 Å². The number of aryl methyl sites for hydroxylation is 1. The molecule has 0 aliphatic rings. The Hall–Kier alpha value is -1.66. The minimum Gasteiger partial charge on any atom is -0.322 e. The van der Waals surface area contributed by atoms with Crippen LogP contribution >= 0.6 is 0 Å². The molecule has 0 aliphatic carbocycles. The normalized spacial score (nSPS) is 12.1. The van der Waals surface area contributed by atoms with Crippen molar-refractivity contribution in [3.05, 3.63) is 35.9 Å². The lowest BCUT2D eigenvalue weighted by atomic mass is 10.2.